The first-order chi connectivity index (χ1) is 9.80. The van der Waals surface area contributed by atoms with Crippen LogP contribution in [-0.4, -0.2) is 17.4 Å². The average molecular weight is 286 g/mol. The quantitative estimate of drug-likeness (QED) is 0.936. The molecule has 0 aliphatic heterocycles. The standard InChI is InChI=1S/C16H18N2OS/c19-15(13-5-9-17-10-6-13)18-12-16(7-1-2-8-16)14-4-3-11-20-14/h3-6,9-11H,1-2,7-8,12H2,(H,18,19). The first-order valence-electron chi connectivity index (χ1n) is 7.02. The number of amides is 1. The molecule has 0 spiro atoms. The maximum atomic E-state index is 12.2. The smallest absolute Gasteiger partial charge is 0.251 e. The van der Waals surface area contributed by atoms with E-state index in [2.05, 4.69) is 27.8 Å². The van der Waals surface area contributed by atoms with Gasteiger partial charge in [0.1, 0.15) is 0 Å². The van der Waals surface area contributed by atoms with Gasteiger partial charge in [-0.1, -0.05) is 18.9 Å². The number of pyridine rings is 1. The molecular formula is C16H18N2OS. The van der Waals surface area contributed by atoms with E-state index < -0.39 is 0 Å². The fourth-order valence-corrected chi connectivity index (χ4v) is 3.98. The highest BCUT2D eigenvalue weighted by molar-refractivity contribution is 7.10. The molecule has 104 valence electrons. The van der Waals surface area contributed by atoms with Gasteiger partial charge >= 0.3 is 0 Å². The molecule has 0 saturated heterocycles. The molecule has 1 N–H and O–H groups in total. The van der Waals surface area contributed by atoms with Gasteiger partial charge < -0.3 is 5.32 Å². The Morgan fingerprint density at radius 2 is 2.00 bits per heavy atom. The average Bonchev–Trinajstić information content (AvgIpc) is 3.17. The van der Waals surface area contributed by atoms with Crippen molar-refractivity contribution >= 4 is 17.2 Å². The van der Waals surface area contributed by atoms with Crippen LogP contribution in [0.25, 0.3) is 0 Å². The summed E-state index contributed by atoms with van der Waals surface area (Å²) in [5.74, 6) is -0.00442. The van der Waals surface area contributed by atoms with Crippen LogP contribution in [0.5, 0.6) is 0 Å². The van der Waals surface area contributed by atoms with Gasteiger partial charge in [-0.05, 0) is 36.4 Å². The second-order valence-electron chi connectivity index (χ2n) is 5.38. The van der Waals surface area contributed by atoms with Crippen LogP contribution < -0.4 is 5.32 Å². The molecule has 20 heavy (non-hydrogen) atoms. The van der Waals surface area contributed by atoms with Gasteiger partial charge in [-0.3, -0.25) is 9.78 Å². The van der Waals surface area contributed by atoms with Crippen LogP contribution in [0.3, 0.4) is 0 Å². The van der Waals surface area contributed by atoms with E-state index in [-0.39, 0.29) is 11.3 Å². The molecule has 0 atom stereocenters. The van der Waals surface area contributed by atoms with Crippen molar-refractivity contribution < 1.29 is 4.79 Å². The van der Waals surface area contributed by atoms with Crippen LogP contribution in [-0.2, 0) is 5.41 Å². The van der Waals surface area contributed by atoms with Gasteiger partial charge in [0.15, 0.2) is 0 Å². The fraction of sp³-hybridized carbons (Fsp3) is 0.375. The molecule has 3 nitrogen and oxygen atoms in total. The maximum Gasteiger partial charge on any atom is 0.251 e. The summed E-state index contributed by atoms with van der Waals surface area (Å²) in [7, 11) is 0. The fourth-order valence-electron chi connectivity index (χ4n) is 3.00. The van der Waals surface area contributed by atoms with E-state index in [1.165, 1.54) is 30.6 Å². The number of nitrogens with zero attached hydrogens (tertiary/aromatic N) is 1. The van der Waals surface area contributed by atoms with E-state index in [1.54, 1.807) is 35.9 Å². The van der Waals surface area contributed by atoms with E-state index in [4.69, 9.17) is 0 Å². The zero-order valence-electron chi connectivity index (χ0n) is 11.3. The second-order valence-corrected chi connectivity index (χ2v) is 6.33. The van der Waals surface area contributed by atoms with Crippen LogP contribution in [0.15, 0.2) is 42.0 Å². The minimum absolute atomic E-state index is 0.00442. The lowest BCUT2D eigenvalue weighted by Gasteiger charge is -2.28. The van der Waals surface area contributed by atoms with Gasteiger partial charge in [-0.2, -0.15) is 0 Å². The summed E-state index contributed by atoms with van der Waals surface area (Å²) < 4.78 is 0. The van der Waals surface area contributed by atoms with Crippen LogP contribution in [0.4, 0.5) is 0 Å². The van der Waals surface area contributed by atoms with Gasteiger partial charge in [0.25, 0.3) is 5.91 Å². The molecule has 4 heteroatoms. The lowest BCUT2D eigenvalue weighted by molar-refractivity contribution is 0.0943. The molecule has 1 aliphatic rings. The number of hydrogen-bond acceptors (Lipinski definition) is 3. The monoisotopic (exact) mass is 286 g/mol. The Hall–Kier alpha value is -1.68. The van der Waals surface area contributed by atoms with E-state index in [0.29, 0.717) is 5.56 Å². The van der Waals surface area contributed by atoms with Crippen molar-refractivity contribution in [2.45, 2.75) is 31.1 Å². The van der Waals surface area contributed by atoms with Crippen molar-refractivity contribution in [2.24, 2.45) is 0 Å². The number of carbonyl (C=O) groups is 1. The molecule has 0 radical (unpaired) electrons. The zero-order chi connectivity index (χ0) is 13.8. The van der Waals surface area contributed by atoms with Crippen molar-refractivity contribution in [3.05, 3.63) is 52.5 Å². The summed E-state index contributed by atoms with van der Waals surface area (Å²) in [6, 6.07) is 7.81. The molecule has 3 rings (SSSR count). The molecule has 0 bridgehead atoms. The first-order valence-corrected chi connectivity index (χ1v) is 7.90. The summed E-state index contributed by atoms with van der Waals surface area (Å²) in [6.07, 6.45) is 8.15. The minimum atomic E-state index is -0.00442. The number of rotatable bonds is 4. The van der Waals surface area contributed by atoms with Crippen molar-refractivity contribution in [1.82, 2.24) is 10.3 Å². The summed E-state index contributed by atoms with van der Waals surface area (Å²) in [6.45, 7) is 0.731. The van der Waals surface area contributed by atoms with E-state index in [1.807, 2.05) is 0 Å². The molecule has 2 aromatic rings. The third kappa shape index (κ3) is 2.61. The van der Waals surface area contributed by atoms with E-state index in [9.17, 15) is 4.79 Å². The van der Waals surface area contributed by atoms with Crippen molar-refractivity contribution in [3.8, 4) is 0 Å². The Balaban J connectivity index is 1.71. The Bertz CT molecular complexity index is 559. The van der Waals surface area contributed by atoms with Crippen LogP contribution in [0, 0.1) is 0 Å². The van der Waals surface area contributed by atoms with Gasteiger partial charge in [-0.15, -0.1) is 11.3 Å². The highest BCUT2D eigenvalue weighted by Gasteiger charge is 2.36. The number of aromatic nitrogens is 1. The number of hydrogen-bond donors (Lipinski definition) is 1. The lowest BCUT2D eigenvalue weighted by atomic mass is 9.84. The van der Waals surface area contributed by atoms with Gasteiger partial charge in [-0.25, -0.2) is 0 Å². The molecule has 2 aromatic heterocycles. The number of carbonyl (C=O) groups excluding carboxylic acids is 1. The summed E-state index contributed by atoms with van der Waals surface area (Å²) in [4.78, 5) is 17.5. The zero-order valence-corrected chi connectivity index (χ0v) is 12.2. The molecule has 0 aromatic carbocycles. The topological polar surface area (TPSA) is 42.0 Å². The third-order valence-electron chi connectivity index (χ3n) is 4.13. The van der Waals surface area contributed by atoms with Gasteiger partial charge in [0.2, 0.25) is 0 Å². The number of nitrogens with one attached hydrogen (secondary N) is 1. The molecule has 0 unspecified atom stereocenters. The molecule has 1 amide bonds. The molecule has 1 saturated carbocycles. The lowest BCUT2D eigenvalue weighted by Crippen LogP contribution is -2.38. The maximum absolute atomic E-state index is 12.2. The Morgan fingerprint density at radius 3 is 2.65 bits per heavy atom. The molecule has 1 fully saturated rings. The normalized spacial score (nSPS) is 17.0. The highest BCUT2D eigenvalue weighted by Crippen LogP contribution is 2.42. The third-order valence-corrected chi connectivity index (χ3v) is 5.25. The van der Waals surface area contributed by atoms with Gasteiger partial charge in [0, 0.05) is 34.8 Å². The van der Waals surface area contributed by atoms with Crippen molar-refractivity contribution in [2.75, 3.05) is 6.54 Å². The highest BCUT2D eigenvalue weighted by atomic mass is 32.1. The number of thiophene rings is 1. The van der Waals surface area contributed by atoms with Crippen molar-refractivity contribution in [3.63, 3.8) is 0 Å². The van der Waals surface area contributed by atoms with E-state index in [0.717, 1.165) is 6.54 Å². The minimum Gasteiger partial charge on any atom is -0.351 e. The Morgan fingerprint density at radius 1 is 1.25 bits per heavy atom. The Kier molecular flexibility index (Phi) is 3.83. The van der Waals surface area contributed by atoms with Crippen LogP contribution in [0.1, 0.15) is 40.9 Å². The van der Waals surface area contributed by atoms with Crippen molar-refractivity contribution in [1.29, 1.82) is 0 Å². The summed E-state index contributed by atoms with van der Waals surface area (Å²) >= 11 is 1.81. The molecular weight excluding hydrogens is 268 g/mol. The largest absolute Gasteiger partial charge is 0.351 e. The van der Waals surface area contributed by atoms with Gasteiger partial charge in [0.05, 0.1) is 0 Å². The Labute approximate surface area is 123 Å². The summed E-state index contributed by atoms with van der Waals surface area (Å²) in [5, 5.41) is 5.24. The molecule has 1 aliphatic carbocycles. The molecule has 2 heterocycles. The van der Waals surface area contributed by atoms with E-state index >= 15 is 0 Å². The summed E-state index contributed by atoms with van der Waals surface area (Å²) in [5.41, 5.74) is 0.830. The second kappa shape index (κ2) is 5.75. The first kappa shape index (κ1) is 13.3. The predicted molar refractivity (Wildman–Crippen MR) is 81.0 cm³/mol. The predicted octanol–water partition coefficient (Wildman–Crippen LogP) is 3.38. The SMILES string of the molecule is O=C(NCC1(c2cccs2)CCCC1)c1ccncc1. The van der Waals surface area contributed by atoms with Crippen LogP contribution in [0.2, 0.25) is 0 Å². The van der Waals surface area contributed by atoms with Crippen LogP contribution >= 0.6 is 11.3 Å².